The Hall–Kier alpha value is -1.50. The zero-order valence-corrected chi connectivity index (χ0v) is 16.0. The van der Waals surface area contributed by atoms with Gasteiger partial charge in [-0.2, -0.15) is 0 Å². The van der Waals surface area contributed by atoms with Crippen LogP contribution in [-0.2, 0) is 0 Å². The van der Waals surface area contributed by atoms with E-state index in [0.717, 1.165) is 15.2 Å². The van der Waals surface area contributed by atoms with Crippen LogP contribution < -0.4 is 14.2 Å². The van der Waals surface area contributed by atoms with Crippen LogP contribution >= 0.6 is 15.9 Å². The highest BCUT2D eigenvalue weighted by molar-refractivity contribution is 9.10. The van der Waals surface area contributed by atoms with E-state index in [0.29, 0.717) is 22.8 Å². The second kappa shape index (κ2) is 7.59. The van der Waals surface area contributed by atoms with Gasteiger partial charge in [0, 0.05) is 11.5 Å². The van der Waals surface area contributed by atoms with E-state index in [1.54, 1.807) is 39.3 Å². The van der Waals surface area contributed by atoms with Gasteiger partial charge in [-0.3, -0.25) is 0 Å². The standard InChI is InChI=1S/C18H23BrO5/c1-9(2)24-14-7-11(18(21)10(3)20)6-12-16(14)13(22-4)8-15(23-5)17(12)19/h6-10,18,20-21H,1-5H3/t10-,18-/m0/s1. The maximum absolute atomic E-state index is 10.3. The molecule has 24 heavy (non-hydrogen) atoms. The van der Waals surface area contributed by atoms with Gasteiger partial charge in [-0.25, -0.2) is 0 Å². The molecule has 2 rings (SSSR count). The lowest BCUT2D eigenvalue weighted by Gasteiger charge is -2.21. The summed E-state index contributed by atoms with van der Waals surface area (Å²) in [5.41, 5.74) is 0.559. The average Bonchev–Trinajstić information content (AvgIpc) is 2.54. The van der Waals surface area contributed by atoms with E-state index in [1.807, 2.05) is 13.8 Å². The van der Waals surface area contributed by atoms with Gasteiger partial charge in [-0.1, -0.05) is 0 Å². The highest BCUT2D eigenvalue weighted by Crippen LogP contribution is 2.45. The summed E-state index contributed by atoms with van der Waals surface area (Å²) >= 11 is 3.55. The van der Waals surface area contributed by atoms with Crippen molar-refractivity contribution in [2.75, 3.05) is 14.2 Å². The fourth-order valence-electron chi connectivity index (χ4n) is 2.56. The fourth-order valence-corrected chi connectivity index (χ4v) is 3.15. The lowest BCUT2D eigenvalue weighted by Crippen LogP contribution is -2.14. The van der Waals surface area contributed by atoms with Crippen LogP contribution in [0.2, 0.25) is 0 Å². The van der Waals surface area contributed by atoms with Crippen LogP contribution in [0.4, 0.5) is 0 Å². The van der Waals surface area contributed by atoms with Gasteiger partial charge in [0.15, 0.2) is 0 Å². The van der Waals surface area contributed by atoms with Crippen LogP contribution in [-0.4, -0.2) is 36.6 Å². The topological polar surface area (TPSA) is 68.2 Å². The summed E-state index contributed by atoms with van der Waals surface area (Å²) in [7, 11) is 3.16. The number of hydrogen-bond donors (Lipinski definition) is 2. The highest BCUT2D eigenvalue weighted by atomic mass is 79.9. The van der Waals surface area contributed by atoms with Gasteiger partial charge in [0.2, 0.25) is 0 Å². The summed E-state index contributed by atoms with van der Waals surface area (Å²) in [4.78, 5) is 0. The Morgan fingerprint density at radius 1 is 0.917 bits per heavy atom. The number of hydrogen-bond acceptors (Lipinski definition) is 5. The van der Waals surface area contributed by atoms with Crippen LogP contribution in [0.15, 0.2) is 22.7 Å². The first-order valence-corrected chi connectivity index (χ1v) is 8.50. The van der Waals surface area contributed by atoms with Crippen molar-refractivity contribution in [1.82, 2.24) is 0 Å². The Labute approximate surface area is 150 Å². The van der Waals surface area contributed by atoms with Crippen LogP contribution in [0.1, 0.15) is 32.4 Å². The van der Waals surface area contributed by atoms with Crippen molar-refractivity contribution in [2.24, 2.45) is 0 Å². The Morgan fingerprint density at radius 2 is 1.54 bits per heavy atom. The van der Waals surface area contributed by atoms with Gasteiger partial charge in [-0.15, -0.1) is 0 Å². The first-order valence-electron chi connectivity index (χ1n) is 7.71. The molecule has 0 unspecified atom stereocenters. The zero-order valence-electron chi connectivity index (χ0n) is 14.5. The first-order chi connectivity index (χ1) is 11.3. The molecule has 5 nitrogen and oxygen atoms in total. The minimum absolute atomic E-state index is 0.0577. The summed E-state index contributed by atoms with van der Waals surface area (Å²) < 4.78 is 17.6. The second-order valence-electron chi connectivity index (χ2n) is 5.89. The number of aliphatic hydroxyl groups is 2. The molecular weight excluding hydrogens is 376 g/mol. The number of halogens is 1. The van der Waals surface area contributed by atoms with E-state index < -0.39 is 12.2 Å². The second-order valence-corrected chi connectivity index (χ2v) is 6.68. The van der Waals surface area contributed by atoms with E-state index >= 15 is 0 Å². The van der Waals surface area contributed by atoms with Gasteiger partial charge in [-0.05, 0) is 54.4 Å². The number of methoxy groups -OCH3 is 2. The largest absolute Gasteiger partial charge is 0.496 e. The molecule has 0 spiro atoms. The van der Waals surface area contributed by atoms with Crippen molar-refractivity contribution in [2.45, 2.75) is 39.1 Å². The molecule has 2 aromatic rings. The molecular formula is C18H23BrO5. The van der Waals surface area contributed by atoms with Crippen molar-refractivity contribution >= 4 is 26.7 Å². The smallest absolute Gasteiger partial charge is 0.137 e. The lowest BCUT2D eigenvalue weighted by atomic mass is 9.99. The molecule has 2 atom stereocenters. The Kier molecular flexibility index (Phi) is 5.96. The normalized spacial score (nSPS) is 13.9. The number of benzene rings is 2. The van der Waals surface area contributed by atoms with Gasteiger partial charge in [0.25, 0.3) is 0 Å². The molecule has 0 aliphatic carbocycles. The lowest BCUT2D eigenvalue weighted by molar-refractivity contribution is 0.0304. The number of aliphatic hydroxyl groups excluding tert-OH is 2. The summed E-state index contributed by atoms with van der Waals surface area (Å²) in [5.74, 6) is 1.80. The van der Waals surface area contributed by atoms with Crippen LogP contribution in [0.5, 0.6) is 17.2 Å². The number of rotatable bonds is 6. The van der Waals surface area contributed by atoms with Crippen molar-refractivity contribution in [3.8, 4) is 17.2 Å². The summed E-state index contributed by atoms with van der Waals surface area (Å²) in [6.07, 6.45) is -1.98. The minimum atomic E-state index is -1.02. The van der Waals surface area contributed by atoms with Crippen molar-refractivity contribution in [3.05, 3.63) is 28.2 Å². The monoisotopic (exact) mass is 398 g/mol. The third-order valence-corrected chi connectivity index (χ3v) is 4.50. The maximum atomic E-state index is 10.3. The molecule has 132 valence electrons. The molecule has 6 heteroatoms. The fraction of sp³-hybridized carbons (Fsp3) is 0.444. The summed E-state index contributed by atoms with van der Waals surface area (Å²) in [6, 6.07) is 5.32. The number of fused-ring (bicyclic) bond motifs is 1. The summed E-state index contributed by atoms with van der Waals surface area (Å²) in [5, 5.41) is 21.6. The Balaban J connectivity index is 2.85. The van der Waals surface area contributed by atoms with Crippen LogP contribution in [0, 0.1) is 0 Å². The predicted octanol–water partition coefficient (Wildman–Crippen LogP) is 3.82. The molecule has 0 saturated heterocycles. The molecule has 2 aromatic carbocycles. The van der Waals surface area contributed by atoms with Gasteiger partial charge < -0.3 is 24.4 Å². The van der Waals surface area contributed by atoms with E-state index in [-0.39, 0.29) is 6.10 Å². The van der Waals surface area contributed by atoms with E-state index in [9.17, 15) is 10.2 Å². The molecule has 0 saturated carbocycles. The Morgan fingerprint density at radius 3 is 2.04 bits per heavy atom. The zero-order chi connectivity index (χ0) is 18.0. The third kappa shape index (κ3) is 3.61. The van der Waals surface area contributed by atoms with Crippen LogP contribution in [0.25, 0.3) is 10.8 Å². The van der Waals surface area contributed by atoms with Gasteiger partial charge in [0.05, 0.1) is 36.3 Å². The van der Waals surface area contributed by atoms with Gasteiger partial charge >= 0.3 is 0 Å². The summed E-state index contributed by atoms with van der Waals surface area (Å²) in [6.45, 7) is 5.39. The first kappa shape index (κ1) is 18.8. The Bertz CT molecular complexity index is 727. The molecule has 0 amide bonds. The highest BCUT2D eigenvalue weighted by Gasteiger charge is 2.22. The molecule has 0 aliphatic rings. The van der Waals surface area contributed by atoms with Gasteiger partial charge in [0.1, 0.15) is 23.4 Å². The predicted molar refractivity (Wildman–Crippen MR) is 97.2 cm³/mol. The van der Waals surface area contributed by atoms with E-state index in [4.69, 9.17) is 14.2 Å². The van der Waals surface area contributed by atoms with E-state index in [2.05, 4.69) is 15.9 Å². The maximum Gasteiger partial charge on any atom is 0.137 e. The minimum Gasteiger partial charge on any atom is -0.496 e. The molecule has 0 aliphatic heterocycles. The SMILES string of the molecule is COc1cc(OC)c2c(OC(C)C)cc([C@@H](O)[C@H](C)O)cc2c1Br. The van der Waals surface area contributed by atoms with Crippen molar-refractivity contribution in [1.29, 1.82) is 0 Å². The van der Waals surface area contributed by atoms with Crippen LogP contribution in [0.3, 0.4) is 0 Å². The average molecular weight is 399 g/mol. The molecule has 0 fully saturated rings. The number of ether oxygens (including phenoxy) is 3. The van der Waals surface area contributed by atoms with Crippen molar-refractivity contribution < 1.29 is 24.4 Å². The van der Waals surface area contributed by atoms with Crippen molar-refractivity contribution in [3.63, 3.8) is 0 Å². The third-order valence-electron chi connectivity index (χ3n) is 3.69. The molecule has 0 radical (unpaired) electrons. The molecule has 0 bridgehead atoms. The molecule has 0 heterocycles. The van der Waals surface area contributed by atoms with E-state index in [1.165, 1.54) is 0 Å². The quantitative estimate of drug-likeness (QED) is 0.773. The molecule has 2 N–H and O–H groups in total. The molecule has 0 aromatic heterocycles.